The smallest absolute Gasteiger partial charge is 0.0775 e. The Kier molecular flexibility index (Phi) is 3.04. The van der Waals surface area contributed by atoms with Crippen LogP contribution in [-0.2, 0) is 10.8 Å². The summed E-state index contributed by atoms with van der Waals surface area (Å²) >= 11 is 0. The Hall–Kier alpha value is -0.890. The van der Waals surface area contributed by atoms with Crippen molar-refractivity contribution < 1.29 is 4.21 Å². The second kappa shape index (κ2) is 3.88. The molecule has 1 atom stereocenters. The quantitative estimate of drug-likeness (QED) is 0.707. The molecular weight excluding hydrogens is 180 g/mol. The van der Waals surface area contributed by atoms with Crippen LogP contribution in [0.3, 0.4) is 0 Å². The largest absolute Gasteiger partial charge is 0.250 e. The molecule has 0 aliphatic heterocycles. The van der Waals surface area contributed by atoms with Crippen LogP contribution in [0, 0.1) is 20.8 Å². The molecule has 0 fully saturated rings. The van der Waals surface area contributed by atoms with E-state index in [1.54, 1.807) is 0 Å². The predicted molar refractivity (Wildman–Crippen MR) is 57.3 cm³/mol. The second-order valence-corrected chi connectivity index (χ2v) is 4.53. The van der Waals surface area contributed by atoms with E-state index >= 15 is 0 Å². The van der Waals surface area contributed by atoms with Crippen LogP contribution in [0.2, 0.25) is 0 Å². The van der Waals surface area contributed by atoms with Crippen LogP contribution in [-0.4, -0.2) is 4.21 Å². The molecule has 0 N–H and O–H groups in total. The maximum absolute atomic E-state index is 11.6. The van der Waals surface area contributed by atoms with Gasteiger partial charge in [0.05, 0.1) is 10.8 Å². The van der Waals surface area contributed by atoms with E-state index in [9.17, 15) is 4.21 Å². The molecule has 1 rings (SSSR count). The van der Waals surface area contributed by atoms with Crippen molar-refractivity contribution >= 4 is 10.8 Å². The van der Waals surface area contributed by atoms with Crippen LogP contribution in [0.1, 0.15) is 16.7 Å². The first-order valence-electron chi connectivity index (χ1n) is 4.17. The van der Waals surface area contributed by atoms with Gasteiger partial charge in [0.1, 0.15) is 0 Å². The minimum atomic E-state index is -1.06. The Balaban J connectivity index is 3.36. The Labute approximate surface area is 81.9 Å². The molecule has 0 bridgehead atoms. The summed E-state index contributed by atoms with van der Waals surface area (Å²) in [5.41, 5.74) is 3.37. The normalized spacial score (nSPS) is 12.5. The number of aryl methyl sites for hydroxylation is 3. The zero-order valence-electron chi connectivity index (χ0n) is 8.26. The van der Waals surface area contributed by atoms with E-state index in [-0.39, 0.29) is 0 Å². The van der Waals surface area contributed by atoms with Gasteiger partial charge in [-0.3, -0.25) is 0 Å². The first kappa shape index (κ1) is 10.2. The highest BCUT2D eigenvalue weighted by Crippen LogP contribution is 2.20. The molecule has 0 heterocycles. The summed E-state index contributed by atoms with van der Waals surface area (Å²) in [6.45, 7) is 9.55. The molecule has 70 valence electrons. The zero-order chi connectivity index (χ0) is 10.0. The number of benzene rings is 1. The summed E-state index contributed by atoms with van der Waals surface area (Å²) in [5.74, 6) is 0. The van der Waals surface area contributed by atoms with Crippen molar-refractivity contribution in [3.63, 3.8) is 0 Å². The molecule has 1 nitrogen and oxygen atoms in total. The highest BCUT2D eigenvalue weighted by atomic mass is 32.2. The van der Waals surface area contributed by atoms with Crippen molar-refractivity contribution in [1.82, 2.24) is 0 Å². The molecule has 0 spiro atoms. The lowest BCUT2D eigenvalue weighted by Gasteiger charge is -2.07. The second-order valence-electron chi connectivity index (χ2n) is 3.19. The first-order chi connectivity index (χ1) is 6.06. The molecule has 0 unspecified atom stereocenters. The fourth-order valence-electron chi connectivity index (χ4n) is 1.57. The van der Waals surface area contributed by atoms with Gasteiger partial charge in [0.15, 0.2) is 0 Å². The number of rotatable bonds is 2. The maximum atomic E-state index is 11.6. The minimum absolute atomic E-state index is 0.903. The van der Waals surface area contributed by atoms with Crippen molar-refractivity contribution in [2.24, 2.45) is 0 Å². The zero-order valence-corrected chi connectivity index (χ0v) is 9.07. The van der Waals surface area contributed by atoms with E-state index in [1.165, 1.54) is 11.0 Å². The van der Waals surface area contributed by atoms with Crippen LogP contribution in [0.5, 0.6) is 0 Å². The molecule has 0 radical (unpaired) electrons. The molecular formula is C11H14OS. The lowest BCUT2D eigenvalue weighted by atomic mass is 10.1. The van der Waals surface area contributed by atoms with E-state index in [0.717, 1.165) is 16.0 Å². The third-order valence-electron chi connectivity index (χ3n) is 1.96. The third kappa shape index (κ3) is 2.07. The van der Waals surface area contributed by atoms with Gasteiger partial charge in [-0.15, -0.1) is 0 Å². The fraction of sp³-hybridized carbons (Fsp3) is 0.273. The van der Waals surface area contributed by atoms with E-state index in [4.69, 9.17) is 0 Å². The molecule has 0 aliphatic carbocycles. The predicted octanol–water partition coefficient (Wildman–Crippen LogP) is 2.86. The molecule has 0 aromatic heterocycles. The lowest BCUT2D eigenvalue weighted by Crippen LogP contribution is -1.95. The Morgan fingerprint density at radius 2 is 1.69 bits per heavy atom. The van der Waals surface area contributed by atoms with Gasteiger partial charge in [-0.2, -0.15) is 0 Å². The van der Waals surface area contributed by atoms with Crippen molar-refractivity contribution in [1.29, 1.82) is 0 Å². The molecule has 0 saturated carbocycles. The SMILES string of the molecule is C=C[S@@](=O)c1c(C)cc(C)cc1C. The summed E-state index contributed by atoms with van der Waals surface area (Å²) in [7, 11) is -1.06. The summed E-state index contributed by atoms with van der Waals surface area (Å²) in [4.78, 5) is 0.903. The van der Waals surface area contributed by atoms with Crippen LogP contribution in [0.25, 0.3) is 0 Å². The van der Waals surface area contributed by atoms with Gasteiger partial charge >= 0.3 is 0 Å². The van der Waals surface area contributed by atoms with Gasteiger partial charge in [-0.25, -0.2) is 4.21 Å². The molecule has 1 aromatic rings. The third-order valence-corrected chi connectivity index (χ3v) is 3.31. The number of hydrogen-bond donors (Lipinski definition) is 0. The highest BCUT2D eigenvalue weighted by Gasteiger charge is 2.07. The van der Waals surface area contributed by atoms with E-state index in [0.29, 0.717) is 0 Å². The topological polar surface area (TPSA) is 17.1 Å². The van der Waals surface area contributed by atoms with Crippen molar-refractivity contribution in [2.45, 2.75) is 25.7 Å². The van der Waals surface area contributed by atoms with Crippen LogP contribution in [0.15, 0.2) is 29.0 Å². The average Bonchev–Trinajstić information content (AvgIpc) is 2.02. The van der Waals surface area contributed by atoms with Crippen molar-refractivity contribution in [3.8, 4) is 0 Å². The van der Waals surface area contributed by atoms with Gasteiger partial charge < -0.3 is 0 Å². The molecule has 0 amide bonds. The van der Waals surface area contributed by atoms with Gasteiger partial charge in [-0.1, -0.05) is 24.3 Å². The summed E-state index contributed by atoms with van der Waals surface area (Å²) in [6.07, 6.45) is 0. The Bertz CT molecular complexity index is 343. The van der Waals surface area contributed by atoms with Crippen LogP contribution < -0.4 is 0 Å². The molecule has 1 aromatic carbocycles. The van der Waals surface area contributed by atoms with Crippen LogP contribution >= 0.6 is 0 Å². The maximum Gasteiger partial charge on any atom is 0.0775 e. The monoisotopic (exact) mass is 194 g/mol. The standard InChI is InChI=1S/C11H14OS/c1-5-13(12)11-9(3)6-8(2)7-10(11)4/h5-7H,1H2,2-4H3/t13-/m1/s1. The molecule has 13 heavy (non-hydrogen) atoms. The van der Waals surface area contributed by atoms with Gasteiger partial charge in [0, 0.05) is 10.3 Å². The average molecular weight is 194 g/mol. The number of hydrogen-bond acceptors (Lipinski definition) is 1. The molecule has 2 heteroatoms. The fourth-order valence-corrected chi connectivity index (χ4v) is 2.49. The van der Waals surface area contributed by atoms with E-state index in [2.05, 4.69) is 6.58 Å². The summed E-state index contributed by atoms with van der Waals surface area (Å²) in [6, 6.07) is 4.09. The summed E-state index contributed by atoms with van der Waals surface area (Å²) in [5, 5.41) is 1.48. The summed E-state index contributed by atoms with van der Waals surface area (Å²) < 4.78 is 11.6. The van der Waals surface area contributed by atoms with Crippen molar-refractivity contribution in [2.75, 3.05) is 0 Å². The lowest BCUT2D eigenvalue weighted by molar-refractivity contribution is 0.687. The highest BCUT2D eigenvalue weighted by molar-refractivity contribution is 7.88. The van der Waals surface area contributed by atoms with Crippen molar-refractivity contribution in [3.05, 3.63) is 40.8 Å². The molecule has 0 aliphatic rings. The Morgan fingerprint density at radius 3 is 2.08 bits per heavy atom. The van der Waals surface area contributed by atoms with Gasteiger partial charge in [0.25, 0.3) is 0 Å². The van der Waals surface area contributed by atoms with E-state index in [1.807, 2.05) is 32.9 Å². The van der Waals surface area contributed by atoms with Gasteiger partial charge in [-0.05, 0) is 31.9 Å². The van der Waals surface area contributed by atoms with E-state index < -0.39 is 10.8 Å². The first-order valence-corrected chi connectivity index (χ1v) is 5.38. The minimum Gasteiger partial charge on any atom is -0.250 e. The van der Waals surface area contributed by atoms with Crippen LogP contribution in [0.4, 0.5) is 0 Å². The Morgan fingerprint density at radius 1 is 1.23 bits per heavy atom. The molecule has 0 saturated heterocycles. The van der Waals surface area contributed by atoms with Gasteiger partial charge in [0.2, 0.25) is 0 Å².